The third kappa shape index (κ3) is 8.18. The predicted molar refractivity (Wildman–Crippen MR) is 77.1 cm³/mol. The number of cyclic esters (lactones) is 2. The summed E-state index contributed by atoms with van der Waals surface area (Å²) in [6, 6.07) is 0. The van der Waals surface area contributed by atoms with Crippen molar-refractivity contribution in [2.45, 2.75) is 90.3 Å². The summed E-state index contributed by atoms with van der Waals surface area (Å²) >= 11 is 0. The molecule has 0 aliphatic carbocycles. The molecule has 0 radical (unpaired) electrons. The van der Waals surface area contributed by atoms with Crippen LogP contribution in [0.5, 0.6) is 0 Å². The van der Waals surface area contributed by atoms with Gasteiger partial charge in [-0.05, 0) is 6.42 Å². The summed E-state index contributed by atoms with van der Waals surface area (Å²) in [5.41, 5.74) is 0. The summed E-state index contributed by atoms with van der Waals surface area (Å²) in [6.07, 6.45) is 11.4. The van der Waals surface area contributed by atoms with Gasteiger partial charge in [-0.2, -0.15) is 0 Å². The molecule has 20 heavy (non-hydrogen) atoms. The summed E-state index contributed by atoms with van der Waals surface area (Å²) in [5.74, 6) is -0.645. The summed E-state index contributed by atoms with van der Waals surface area (Å²) in [6.45, 7) is 2.23. The highest BCUT2D eigenvalue weighted by molar-refractivity contribution is 5.79. The van der Waals surface area contributed by atoms with E-state index in [1.54, 1.807) is 0 Å². The van der Waals surface area contributed by atoms with Gasteiger partial charge in [-0.3, -0.25) is 9.59 Å². The fourth-order valence-corrected chi connectivity index (χ4v) is 2.38. The molecule has 0 N–H and O–H groups in total. The molecule has 0 aromatic rings. The zero-order chi connectivity index (χ0) is 14.6. The van der Waals surface area contributed by atoms with Crippen LogP contribution in [0.3, 0.4) is 0 Å². The van der Waals surface area contributed by atoms with E-state index in [9.17, 15) is 9.59 Å². The molecule has 1 heterocycles. The van der Waals surface area contributed by atoms with Gasteiger partial charge in [-0.25, -0.2) is 0 Å². The number of hydrogen-bond donors (Lipinski definition) is 0. The van der Waals surface area contributed by atoms with Crippen molar-refractivity contribution in [1.82, 2.24) is 0 Å². The van der Waals surface area contributed by atoms with E-state index in [1.165, 1.54) is 44.9 Å². The smallest absolute Gasteiger partial charge is 0.309 e. The number of carbonyl (C=O) groups excluding carboxylic acids is 2. The van der Waals surface area contributed by atoms with Gasteiger partial charge in [-0.15, -0.1) is 0 Å². The molecule has 0 spiro atoms. The lowest BCUT2D eigenvalue weighted by Gasteiger charge is -2.14. The first-order chi connectivity index (χ1) is 9.72. The van der Waals surface area contributed by atoms with E-state index in [0.29, 0.717) is 6.42 Å². The average molecular weight is 284 g/mol. The van der Waals surface area contributed by atoms with Gasteiger partial charge in [0.15, 0.2) is 0 Å². The Hall–Kier alpha value is -1.06. The number of esters is 2. The molecule has 4 heteroatoms. The second kappa shape index (κ2) is 10.7. The molecule has 1 saturated heterocycles. The van der Waals surface area contributed by atoms with Crippen LogP contribution in [0.2, 0.25) is 0 Å². The molecular weight excluding hydrogens is 256 g/mol. The van der Waals surface area contributed by atoms with Crippen LogP contribution in [0.15, 0.2) is 0 Å². The highest BCUT2D eigenvalue weighted by Gasteiger charge is 2.23. The van der Waals surface area contributed by atoms with Crippen LogP contribution in [0.1, 0.15) is 84.0 Å². The van der Waals surface area contributed by atoms with E-state index >= 15 is 0 Å². The largest absolute Gasteiger partial charge is 0.425 e. The molecule has 0 unspecified atom stereocenters. The highest BCUT2D eigenvalue weighted by atomic mass is 16.7. The van der Waals surface area contributed by atoms with Crippen molar-refractivity contribution in [3.8, 4) is 0 Å². The molecule has 1 aliphatic rings. The van der Waals surface area contributed by atoms with Gasteiger partial charge >= 0.3 is 11.9 Å². The van der Waals surface area contributed by atoms with Crippen LogP contribution in [0, 0.1) is 0 Å². The maximum absolute atomic E-state index is 11.2. The normalized spacial score (nSPS) is 16.6. The van der Waals surface area contributed by atoms with Crippen molar-refractivity contribution < 1.29 is 19.1 Å². The van der Waals surface area contributed by atoms with Crippen molar-refractivity contribution in [3.05, 3.63) is 0 Å². The van der Waals surface area contributed by atoms with Gasteiger partial charge in [-0.1, -0.05) is 58.3 Å². The van der Waals surface area contributed by atoms with Crippen molar-refractivity contribution in [3.63, 3.8) is 0 Å². The lowest BCUT2D eigenvalue weighted by atomic mass is 10.1. The molecular formula is C16H28O4. The Morgan fingerprint density at radius 1 is 0.800 bits per heavy atom. The first kappa shape index (κ1) is 17.0. The molecule has 116 valence electrons. The lowest BCUT2D eigenvalue weighted by Crippen LogP contribution is -2.20. The Bertz CT molecular complexity index is 270. The number of ether oxygens (including phenoxy) is 2. The zero-order valence-corrected chi connectivity index (χ0v) is 12.7. The number of unbranched alkanes of at least 4 members (excludes halogenated alkanes) is 8. The SMILES string of the molecule is CCCCCCCCCCCC1OC(=O)CCC(=O)O1. The van der Waals surface area contributed by atoms with Crippen LogP contribution < -0.4 is 0 Å². The third-order valence-electron chi connectivity index (χ3n) is 3.60. The Kier molecular flexibility index (Phi) is 9.09. The molecule has 0 aromatic heterocycles. The van der Waals surface area contributed by atoms with Crippen LogP contribution in [0.4, 0.5) is 0 Å². The van der Waals surface area contributed by atoms with Gasteiger partial charge in [0.25, 0.3) is 0 Å². The molecule has 1 aliphatic heterocycles. The van der Waals surface area contributed by atoms with Crippen LogP contribution in [-0.4, -0.2) is 18.2 Å². The number of carbonyl (C=O) groups is 2. The first-order valence-corrected chi connectivity index (χ1v) is 8.11. The number of hydrogen-bond acceptors (Lipinski definition) is 4. The monoisotopic (exact) mass is 284 g/mol. The van der Waals surface area contributed by atoms with E-state index < -0.39 is 6.29 Å². The second-order valence-electron chi connectivity index (χ2n) is 5.53. The van der Waals surface area contributed by atoms with E-state index in [-0.39, 0.29) is 24.8 Å². The average Bonchev–Trinajstić information content (AvgIpc) is 2.58. The summed E-state index contributed by atoms with van der Waals surface area (Å²) in [4.78, 5) is 22.5. The van der Waals surface area contributed by atoms with Gasteiger partial charge < -0.3 is 9.47 Å². The second-order valence-corrected chi connectivity index (χ2v) is 5.53. The zero-order valence-electron chi connectivity index (χ0n) is 12.7. The maximum Gasteiger partial charge on any atom is 0.309 e. The minimum atomic E-state index is -0.651. The Labute approximate surface area is 122 Å². The van der Waals surface area contributed by atoms with Crippen molar-refractivity contribution in [2.75, 3.05) is 0 Å². The third-order valence-corrected chi connectivity index (χ3v) is 3.60. The molecule has 0 bridgehead atoms. The fourth-order valence-electron chi connectivity index (χ4n) is 2.38. The quantitative estimate of drug-likeness (QED) is 0.447. The minimum Gasteiger partial charge on any atom is -0.425 e. The molecule has 0 aromatic carbocycles. The van der Waals surface area contributed by atoms with Crippen molar-refractivity contribution in [1.29, 1.82) is 0 Å². The van der Waals surface area contributed by atoms with Crippen molar-refractivity contribution in [2.24, 2.45) is 0 Å². The van der Waals surface area contributed by atoms with Crippen molar-refractivity contribution >= 4 is 11.9 Å². The van der Waals surface area contributed by atoms with Crippen LogP contribution in [0.25, 0.3) is 0 Å². The predicted octanol–water partition coefficient (Wildman–Crippen LogP) is 4.11. The Morgan fingerprint density at radius 2 is 1.25 bits per heavy atom. The molecule has 0 amide bonds. The fraction of sp³-hybridized carbons (Fsp3) is 0.875. The molecule has 0 atom stereocenters. The minimum absolute atomic E-state index is 0.146. The lowest BCUT2D eigenvalue weighted by molar-refractivity contribution is -0.181. The molecule has 4 nitrogen and oxygen atoms in total. The van der Waals surface area contributed by atoms with Crippen LogP contribution >= 0.6 is 0 Å². The number of rotatable bonds is 10. The van der Waals surface area contributed by atoms with Gasteiger partial charge in [0.05, 0.1) is 12.8 Å². The van der Waals surface area contributed by atoms with E-state index in [2.05, 4.69) is 6.92 Å². The Balaban J connectivity index is 1.97. The summed E-state index contributed by atoms with van der Waals surface area (Å²) < 4.78 is 10.1. The van der Waals surface area contributed by atoms with Gasteiger partial charge in [0.2, 0.25) is 6.29 Å². The highest BCUT2D eigenvalue weighted by Crippen LogP contribution is 2.16. The Morgan fingerprint density at radius 3 is 1.75 bits per heavy atom. The van der Waals surface area contributed by atoms with E-state index in [1.807, 2.05) is 0 Å². The summed E-state index contributed by atoms with van der Waals surface area (Å²) in [5, 5.41) is 0. The van der Waals surface area contributed by atoms with E-state index in [4.69, 9.17) is 9.47 Å². The van der Waals surface area contributed by atoms with Gasteiger partial charge in [0.1, 0.15) is 0 Å². The standard InChI is InChI=1S/C16H28O4/c1-2-3-4-5-6-7-8-9-10-11-16-19-14(17)12-13-15(18)20-16/h16H,2-13H2,1H3. The first-order valence-electron chi connectivity index (χ1n) is 8.11. The summed E-state index contributed by atoms with van der Waals surface area (Å²) in [7, 11) is 0. The topological polar surface area (TPSA) is 52.6 Å². The van der Waals surface area contributed by atoms with Crippen LogP contribution in [-0.2, 0) is 19.1 Å². The van der Waals surface area contributed by atoms with Gasteiger partial charge in [0, 0.05) is 6.42 Å². The van der Waals surface area contributed by atoms with E-state index in [0.717, 1.165) is 12.8 Å². The molecule has 1 fully saturated rings. The maximum atomic E-state index is 11.2. The molecule has 1 rings (SSSR count). The molecule has 0 saturated carbocycles.